The highest BCUT2D eigenvalue weighted by Crippen LogP contribution is 2.27. The first-order valence-electron chi connectivity index (χ1n) is 6.56. The molecule has 5 nitrogen and oxygen atoms in total. The molecular formula is C15H17N5. The highest BCUT2D eigenvalue weighted by atomic mass is 15.3. The standard InChI is InChI=1S/C15H17N5/c1-9-6-5-7-10(2)13(9)18-14-12-8-16-11(3)17-15(12)20(4)19-14/h5-8H,1-4H3,(H,18,19). The van der Waals surface area contributed by atoms with E-state index in [1.807, 2.05) is 20.2 Å². The number of nitrogens with one attached hydrogen (secondary N) is 1. The van der Waals surface area contributed by atoms with Crippen molar-refractivity contribution in [3.63, 3.8) is 0 Å². The second-order valence-corrected chi connectivity index (χ2v) is 5.02. The lowest BCUT2D eigenvalue weighted by Crippen LogP contribution is -1.98. The van der Waals surface area contributed by atoms with Crippen molar-refractivity contribution in [3.8, 4) is 0 Å². The molecule has 0 aliphatic rings. The van der Waals surface area contributed by atoms with Crippen LogP contribution >= 0.6 is 0 Å². The smallest absolute Gasteiger partial charge is 0.163 e. The summed E-state index contributed by atoms with van der Waals surface area (Å²) in [7, 11) is 1.89. The highest BCUT2D eigenvalue weighted by Gasteiger charge is 2.12. The Labute approximate surface area is 117 Å². The van der Waals surface area contributed by atoms with E-state index in [0.29, 0.717) is 0 Å². The van der Waals surface area contributed by atoms with Gasteiger partial charge in [0.2, 0.25) is 0 Å². The third-order valence-corrected chi connectivity index (χ3v) is 3.43. The van der Waals surface area contributed by atoms with Crippen molar-refractivity contribution < 1.29 is 0 Å². The zero-order valence-corrected chi connectivity index (χ0v) is 12.1. The van der Waals surface area contributed by atoms with Crippen molar-refractivity contribution >= 4 is 22.5 Å². The number of para-hydroxylation sites is 1. The third-order valence-electron chi connectivity index (χ3n) is 3.43. The molecule has 1 N–H and O–H groups in total. The van der Waals surface area contributed by atoms with Gasteiger partial charge in [-0.3, -0.25) is 0 Å². The van der Waals surface area contributed by atoms with Gasteiger partial charge < -0.3 is 5.32 Å². The Kier molecular flexibility index (Phi) is 2.89. The maximum Gasteiger partial charge on any atom is 0.163 e. The number of aromatic nitrogens is 4. The van der Waals surface area contributed by atoms with Gasteiger partial charge in [-0.05, 0) is 31.9 Å². The van der Waals surface area contributed by atoms with Gasteiger partial charge in [0, 0.05) is 18.9 Å². The van der Waals surface area contributed by atoms with Crippen LogP contribution in [0.2, 0.25) is 0 Å². The molecule has 0 aliphatic carbocycles. The van der Waals surface area contributed by atoms with Crippen LogP contribution in [-0.4, -0.2) is 19.7 Å². The number of fused-ring (bicyclic) bond motifs is 1. The molecule has 0 atom stereocenters. The zero-order valence-electron chi connectivity index (χ0n) is 12.1. The van der Waals surface area contributed by atoms with Crippen molar-refractivity contribution in [2.45, 2.75) is 20.8 Å². The topological polar surface area (TPSA) is 55.6 Å². The lowest BCUT2D eigenvalue weighted by Gasteiger charge is -2.10. The Morgan fingerprint density at radius 1 is 1.10 bits per heavy atom. The maximum absolute atomic E-state index is 4.51. The number of hydrogen-bond donors (Lipinski definition) is 1. The molecule has 0 saturated carbocycles. The quantitative estimate of drug-likeness (QED) is 0.775. The van der Waals surface area contributed by atoms with Crippen LogP contribution in [0.15, 0.2) is 24.4 Å². The van der Waals surface area contributed by atoms with Crippen LogP contribution in [0.5, 0.6) is 0 Å². The average Bonchev–Trinajstić information content (AvgIpc) is 2.70. The van der Waals surface area contributed by atoms with E-state index in [4.69, 9.17) is 0 Å². The summed E-state index contributed by atoms with van der Waals surface area (Å²) in [5.74, 6) is 1.54. The van der Waals surface area contributed by atoms with Gasteiger partial charge in [-0.15, -0.1) is 0 Å². The maximum atomic E-state index is 4.51. The molecule has 0 saturated heterocycles. The second kappa shape index (κ2) is 4.59. The van der Waals surface area contributed by atoms with E-state index in [0.717, 1.165) is 28.4 Å². The van der Waals surface area contributed by atoms with Gasteiger partial charge in [0.05, 0.1) is 5.39 Å². The van der Waals surface area contributed by atoms with Crippen LogP contribution in [0.25, 0.3) is 11.0 Å². The van der Waals surface area contributed by atoms with E-state index in [1.54, 1.807) is 4.68 Å². The van der Waals surface area contributed by atoms with E-state index in [1.165, 1.54) is 11.1 Å². The van der Waals surface area contributed by atoms with E-state index >= 15 is 0 Å². The van der Waals surface area contributed by atoms with Crippen molar-refractivity contribution in [2.75, 3.05) is 5.32 Å². The van der Waals surface area contributed by atoms with Crippen molar-refractivity contribution in [1.82, 2.24) is 19.7 Å². The van der Waals surface area contributed by atoms with Crippen LogP contribution in [0.3, 0.4) is 0 Å². The van der Waals surface area contributed by atoms with Gasteiger partial charge in [-0.25, -0.2) is 14.6 Å². The highest BCUT2D eigenvalue weighted by molar-refractivity contribution is 5.89. The first kappa shape index (κ1) is 12.6. The van der Waals surface area contributed by atoms with Crippen LogP contribution in [0, 0.1) is 20.8 Å². The molecule has 0 amide bonds. The number of nitrogens with zero attached hydrogens (tertiary/aromatic N) is 4. The summed E-state index contributed by atoms with van der Waals surface area (Å²) in [5.41, 5.74) is 4.31. The molecule has 20 heavy (non-hydrogen) atoms. The molecular weight excluding hydrogens is 250 g/mol. The third kappa shape index (κ3) is 2.01. The fourth-order valence-electron chi connectivity index (χ4n) is 2.35. The Hall–Kier alpha value is -2.43. The molecule has 0 bridgehead atoms. The number of benzene rings is 1. The Morgan fingerprint density at radius 3 is 2.50 bits per heavy atom. The van der Waals surface area contributed by atoms with E-state index in [9.17, 15) is 0 Å². The van der Waals surface area contributed by atoms with Crippen LogP contribution in [0.1, 0.15) is 17.0 Å². The lowest BCUT2D eigenvalue weighted by atomic mass is 10.1. The van der Waals surface area contributed by atoms with Crippen molar-refractivity contribution in [2.24, 2.45) is 7.05 Å². The molecule has 102 valence electrons. The van der Waals surface area contributed by atoms with Gasteiger partial charge in [-0.2, -0.15) is 5.10 Å². The second-order valence-electron chi connectivity index (χ2n) is 5.02. The molecule has 2 heterocycles. The molecule has 5 heteroatoms. The van der Waals surface area contributed by atoms with Gasteiger partial charge in [0.1, 0.15) is 5.82 Å². The van der Waals surface area contributed by atoms with Crippen LogP contribution in [0.4, 0.5) is 11.5 Å². The van der Waals surface area contributed by atoms with Gasteiger partial charge in [0.15, 0.2) is 11.5 Å². The predicted octanol–water partition coefficient (Wildman–Crippen LogP) is 3.03. The Morgan fingerprint density at radius 2 is 1.80 bits per heavy atom. The SMILES string of the molecule is Cc1ncc2c(Nc3c(C)cccc3C)nn(C)c2n1. The molecule has 0 aliphatic heterocycles. The number of aryl methyl sites for hydroxylation is 4. The van der Waals surface area contributed by atoms with Crippen molar-refractivity contribution in [3.05, 3.63) is 41.3 Å². The average molecular weight is 267 g/mol. The minimum Gasteiger partial charge on any atom is -0.338 e. The minimum absolute atomic E-state index is 0.749. The number of anilines is 2. The Bertz CT molecular complexity index is 768. The van der Waals surface area contributed by atoms with Crippen molar-refractivity contribution in [1.29, 1.82) is 0 Å². The molecule has 2 aromatic heterocycles. The lowest BCUT2D eigenvalue weighted by molar-refractivity contribution is 0.786. The monoisotopic (exact) mass is 267 g/mol. The summed E-state index contributed by atoms with van der Waals surface area (Å²) < 4.78 is 1.78. The fourth-order valence-corrected chi connectivity index (χ4v) is 2.35. The van der Waals surface area contributed by atoms with E-state index in [2.05, 4.69) is 52.4 Å². The predicted molar refractivity (Wildman–Crippen MR) is 80.2 cm³/mol. The zero-order chi connectivity index (χ0) is 14.3. The largest absolute Gasteiger partial charge is 0.338 e. The number of rotatable bonds is 2. The molecule has 3 aromatic rings. The summed E-state index contributed by atoms with van der Waals surface area (Å²) in [6, 6.07) is 6.22. The Balaban J connectivity index is 2.12. The van der Waals surface area contributed by atoms with Gasteiger partial charge in [0.25, 0.3) is 0 Å². The number of hydrogen-bond acceptors (Lipinski definition) is 4. The first-order chi connectivity index (χ1) is 9.56. The van der Waals surface area contributed by atoms with E-state index < -0.39 is 0 Å². The normalized spacial score (nSPS) is 11.0. The summed E-state index contributed by atoms with van der Waals surface area (Å²) in [6.07, 6.45) is 1.82. The van der Waals surface area contributed by atoms with Gasteiger partial charge >= 0.3 is 0 Å². The summed E-state index contributed by atoms with van der Waals surface area (Å²) >= 11 is 0. The summed E-state index contributed by atoms with van der Waals surface area (Å²) in [6.45, 7) is 6.05. The fraction of sp³-hybridized carbons (Fsp3) is 0.267. The molecule has 3 rings (SSSR count). The molecule has 1 aromatic carbocycles. The van der Waals surface area contributed by atoms with E-state index in [-0.39, 0.29) is 0 Å². The molecule has 0 unspecified atom stereocenters. The first-order valence-corrected chi connectivity index (χ1v) is 6.56. The molecule has 0 radical (unpaired) electrons. The molecule has 0 fully saturated rings. The van der Waals surface area contributed by atoms with Crippen LogP contribution in [-0.2, 0) is 7.05 Å². The summed E-state index contributed by atoms with van der Waals surface area (Å²) in [4.78, 5) is 8.70. The van der Waals surface area contributed by atoms with Gasteiger partial charge in [-0.1, -0.05) is 18.2 Å². The van der Waals surface area contributed by atoms with Crippen LogP contribution < -0.4 is 5.32 Å². The minimum atomic E-state index is 0.749. The molecule has 0 spiro atoms. The summed E-state index contributed by atoms with van der Waals surface area (Å²) in [5, 5.41) is 8.85.